The van der Waals surface area contributed by atoms with E-state index in [0.717, 1.165) is 0 Å². The van der Waals surface area contributed by atoms with Gasteiger partial charge in [-0.2, -0.15) is 0 Å². The molecule has 0 saturated carbocycles. The molecule has 0 N–H and O–H groups in total. The number of hydrogen-bond donors (Lipinski definition) is 0. The third-order valence-electron chi connectivity index (χ3n) is 2.61. The van der Waals surface area contributed by atoms with Gasteiger partial charge in [-0.05, 0) is 23.3 Å². The van der Waals surface area contributed by atoms with Gasteiger partial charge in [-0.1, -0.05) is 45.2 Å². The first-order valence-corrected chi connectivity index (χ1v) is 6.64. The van der Waals surface area contributed by atoms with Gasteiger partial charge in [0.15, 0.2) is 0 Å². The number of hydrogen-bond acceptors (Lipinski definition) is 2. The molecule has 4 heteroatoms. The Morgan fingerprint density at radius 2 is 1.33 bits per heavy atom. The van der Waals surface area contributed by atoms with Crippen molar-refractivity contribution in [3.8, 4) is 11.1 Å². The monoisotopic (exact) mass is 420 g/mol. The number of aromatic nitrogens is 2. The fourth-order valence-electron chi connectivity index (χ4n) is 1.90. The van der Waals surface area contributed by atoms with E-state index in [1.165, 1.54) is 22.3 Å². The molecule has 0 fully saturated rings. The maximum absolute atomic E-state index is 4.20. The molecule has 2 heterocycles. The second-order valence-electron chi connectivity index (χ2n) is 3.42. The van der Waals surface area contributed by atoms with Crippen LogP contribution in [0.5, 0.6) is 0 Å². The van der Waals surface area contributed by atoms with Crippen molar-refractivity contribution in [3.05, 3.63) is 48.0 Å². The molecule has 2 aromatic rings. The molecule has 2 nitrogen and oxygen atoms in total. The standard InChI is InChI=1S/C11H6I2N2/c12-11(13)9-5-14-3-1-7(9)8-2-4-15-6-10(8)11/h1-6H. The highest BCUT2D eigenvalue weighted by Crippen LogP contribution is 2.56. The fraction of sp³-hybridized carbons (Fsp3) is 0.0909. The van der Waals surface area contributed by atoms with Crippen LogP contribution in [0.2, 0.25) is 0 Å². The number of rotatable bonds is 0. The zero-order chi connectivity index (χ0) is 10.5. The highest BCUT2D eigenvalue weighted by Gasteiger charge is 2.39. The van der Waals surface area contributed by atoms with Gasteiger partial charge in [-0.25, -0.2) is 0 Å². The second kappa shape index (κ2) is 3.38. The Morgan fingerprint density at radius 3 is 1.80 bits per heavy atom. The maximum atomic E-state index is 4.20. The Labute approximate surface area is 115 Å². The molecule has 0 radical (unpaired) electrons. The summed E-state index contributed by atoms with van der Waals surface area (Å²) in [5.41, 5.74) is 5.11. The number of alkyl halides is 2. The van der Waals surface area contributed by atoms with Crippen LogP contribution >= 0.6 is 45.2 Å². The van der Waals surface area contributed by atoms with E-state index in [-0.39, 0.29) is 1.43 Å². The Balaban J connectivity index is 2.42. The SMILES string of the molecule is IC1(I)c2cnccc2-c2ccncc21. The molecule has 74 valence electrons. The summed E-state index contributed by atoms with van der Waals surface area (Å²) in [4.78, 5) is 8.41. The summed E-state index contributed by atoms with van der Waals surface area (Å²) >= 11 is 4.91. The van der Waals surface area contributed by atoms with E-state index in [4.69, 9.17) is 0 Å². The van der Waals surface area contributed by atoms with Gasteiger partial charge in [0.1, 0.15) is 1.43 Å². The summed E-state index contributed by atoms with van der Waals surface area (Å²) in [6, 6.07) is 4.15. The Hall–Kier alpha value is -0.240. The Kier molecular flexibility index (Phi) is 2.24. The molecule has 2 aromatic heterocycles. The van der Waals surface area contributed by atoms with Gasteiger partial charge in [0.2, 0.25) is 0 Å². The summed E-state index contributed by atoms with van der Waals surface area (Å²) in [5.74, 6) is 0. The zero-order valence-corrected chi connectivity index (χ0v) is 11.9. The van der Waals surface area contributed by atoms with Crippen LogP contribution in [0, 0.1) is 0 Å². The van der Waals surface area contributed by atoms with Crippen molar-refractivity contribution in [3.63, 3.8) is 0 Å². The van der Waals surface area contributed by atoms with E-state index in [1.807, 2.05) is 24.8 Å². The first kappa shape index (κ1) is 9.95. The number of fused-ring (bicyclic) bond motifs is 3. The molecule has 0 saturated heterocycles. The lowest BCUT2D eigenvalue weighted by Gasteiger charge is -2.15. The molecule has 0 spiro atoms. The Morgan fingerprint density at radius 1 is 0.867 bits per heavy atom. The van der Waals surface area contributed by atoms with Crippen LogP contribution in [0.1, 0.15) is 11.1 Å². The average molecular weight is 420 g/mol. The largest absolute Gasteiger partial charge is 0.264 e. The van der Waals surface area contributed by atoms with Gasteiger partial charge in [0.05, 0.1) is 0 Å². The molecular formula is C11H6I2N2. The summed E-state index contributed by atoms with van der Waals surface area (Å²) in [6.07, 6.45) is 7.60. The smallest absolute Gasteiger partial charge is 0.127 e. The van der Waals surface area contributed by atoms with E-state index in [9.17, 15) is 0 Å². The normalized spacial score (nSPS) is 15.9. The van der Waals surface area contributed by atoms with Crippen LogP contribution in [0.3, 0.4) is 0 Å². The van der Waals surface area contributed by atoms with Gasteiger partial charge < -0.3 is 0 Å². The van der Waals surface area contributed by atoms with Crippen molar-refractivity contribution in [1.82, 2.24) is 9.97 Å². The predicted molar refractivity (Wildman–Crippen MR) is 76.3 cm³/mol. The molecule has 15 heavy (non-hydrogen) atoms. The molecule has 0 bridgehead atoms. The minimum atomic E-state index is -0.0251. The molecule has 0 aromatic carbocycles. The molecule has 0 atom stereocenters. The van der Waals surface area contributed by atoms with Gasteiger partial charge in [-0.15, -0.1) is 0 Å². The number of halogens is 2. The van der Waals surface area contributed by atoms with Gasteiger partial charge in [0.25, 0.3) is 0 Å². The number of pyridine rings is 2. The molecule has 1 aliphatic rings. The fourth-order valence-corrected chi connectivity index (χ4v) is 3.62. The molecule has 3 rings (SSSR count). The second-order valence-corrected chi connectivity index (χ2v) is 8.72. The average Bonchev–Trinajstić information content (AvgIpc) is 2.51. The lowest BCUT2D eigenvalue weighted by Crippen LogP contribution is -2.06. The molecule has 0 aliphatic heterocycles. The lowest BCUT2D eigenvalue weighted by atomic mass is 10.1. The van der Waals surface area contributed by atoms with Crippen molar-refractivity contribution in [2.75, 3.05) is 0 Å². The van der Waals surface area contributed by atoms with Crippen molar-refractivity contribution in [2.45, 2.75) is 1.43 Å². The van der Waals surface area contributed by atoms with E-state index < -0.39 is 0 Å². The summed E-state index contributed by atoms with van der Waals surface area (Å²) in [5, 5.41) is 0. The van der Waals surface area contributed by atoms with Gasteiger partial charge in [0, 0.05) is 35.9 Å². The molecule has 0 unspecified atom stereocenters. The van der Waals surface area contributed by atoms with E-state index in [1.54, 1.807) is 0 Å². The topological polar surface area (TPSA) is 25.8 Å². The zero-order valence-electron chi connectivity index (χ0n) is 7.61. The van der Waals surface area contributed by atoms with Crippen molar-refractivity contribution < 1.29 is 0 Å². The summed E-state index contributed by atoms with van der Waals surface area (Å²) in [7, 11) is 0. The Bertz CT molecular complexity index is 490. The predicted octanol–water partition coefficient (Wildman–Crippen LogP) is 3.53. The van der Waals surface area contributed by atoms with Crippen LogP contribution in [0.15, 0.2) is 36.9 Å². The molecule has 0 amide bonds. The first-order valence-electron chi connectivity index (χ1n) is 4.48. The first-order chi connectivity index (χ1) is 7.21. The summed E-state index contributed by atoms with van der Waals surface area (Å²) in [6.45, 7) is 0. The van der Waals surface area contributed by atoms with Crippen LogP contribution in [0.25, 0.3) is 11.1 Å². The quantitative estimate of drug-likeness (QED) is 0.482. The summed E-state index contributed by atoms with van der Waals surface area (Å²) < 4.78 is -0.0251. The molecule has 1 aliphatic carbocycles. The van der Waals surface area contributed by atoms with E-state index in [2.05, 4.69) is 67.3 Å². The van der Waals surface area contributed by atoms with E-state index >= 15 is 0 Å². The van der Waals surface area contributed by atoms with Crippen LogP contribution < -0.4 is 0 Å². The minimum absolute atomic E-state index is 0.0251. The molecular weight excluding hydrogens is 414 g/mol. The maximum Gasteiger partial charge on any atom is 0.127 e. The minimum Gasteiger partial charge on any atom is -0.264 e. The lowest BCUT2D eigenvalue weighted by molar-refractivity contribution is 1.15. The van der Waals surface area contributed by atoms with E-state index in [0.29, 0.717) is 0 Å². The highest BCUT2D eigenvalue weighted by molar-refractivity contribution is 14.2. The van der Waals surface area contributed by atoms with Gasteiger partial charge >= 0.3 is 0 Å². The number of nitrogens with zero attached hydrogens (tertiary/aromatic N) is 2. The van der Waals surface area contributed by atoms with Crippen LogP contribution in [-0.4, -0.2) is 9.97 Å². The third kappa shape index (κ3) is 1.33. The van der Waals surface area contributed by atoms with Crippen molar-refractivity contribution in [1.29, 1.82) is 0 Å². The van der Waals surface area contributed by atoms with Crippen molar-refractivity contribution >= 4 is 45.2 Å². The third-order valence-corrected chi connectivity index (χ3v) is 4.93. The highest BCUT2D eigenvalue weighted by atomic mass is 127. The van der Waals surface area contributed by atoms with Crippen LogP contribution in [-0.2, 0) is 1.43 Å². The van der Waals surface area contributed by atoms with Crippen molar-refractivity contribution in [2.24, 2.45) is 0 Å². The van der Waals surface area contributed by atoms with Gasteiger partial charge in [-0.3, -0.25) is 9.97 Å². The van der Waals surface area contributed by atoms with Crippen LogP contribution in [0.4, 0.5) is 0 Å².